The third-order valence-electron chi connectivity index (χ3n) is 3.06. The van der Waals surface area contributed by atoms with Gasteiger partial charge in [0.15, 0.2) is 0 Å². The molecule has 0 bridgehead atoms. The first-order valence-corrected chi connectivity index (χ1v) is 4.97. The zero-order valence-corrected chi connectivity index (χ0v) is 8.56. The molecule has 0 amide bonds. The predicted octanol–water partition coefficient (Wildman–Crippen LogP) is 1.15. The van der Waals surface area contributed by atoms with Crippen LogP contribution in [0.3, 0.4) is 0 Å². The van der Waals surface area contributed by atoms with E-state index in [1.165, 1.54) is 12.8 Å². The van der Waals surface area contributed by atoms with E-state index in [4.69, 9.17) is 0 Å². The van der Waals surface area contributed by atoms with Crippen molar-refractivity contribution in [3.63, 3.8) is 0 Å². The van der Waals surface area contributed by atoms with Crippen molar-refractivity contribution in [1.29, 1.82) is 0 Å². The molecule has 0 spiro atoms. The van der Waals surface area contributed by atoms with Gasteiger partial charge in [-0.05, 0) is 19.8 Å². The highest BCUT2D eigenvalue weighted by molar-refractivity contribution is 5.00. The maximum absolute atomic E-state index is 9.28. The van der Waals surface area contributed by atoms with E-state index >= 15 is 0 Å². The molecule has 0 radical (unpaired) electrons. The standard InChI is InChI=1S/C11H19NO/c1-3-4-8-12-10-6-5-7-11(10,2)9-13/h10,12-13H,5-9H2,1-2H3. The Morgan fingerprint density at radius 3 is 3.00 bits per heavy atom. The van der Waals surface area contributed by atoms with Crippen LogP contribution in [0.25, 0.3) is 0 Å². The number of aliphatic hydroxyl groups is 1. The Morgan fingerprint density at radius 1 is 1.62 bits per heavy atom. The minimum absolute atomic E-state index is 0.0788. The lowest BCUT2D eigenvalue weighted by Gasteiger charge is -2.29. The second-order valence-electron chi connectivity index (χ2n) is 4.06. The Kier molecular flexibility index (Phi) is 3.77. The molecule has 2 heteroatoms. The molecular formula is C11H19NO. The molecule has 0 saturated heterocycles. The zero-order valence-electron chi connectivity index (χ0n) is 8.56. The van der Waals surface area contributed by atoms with Crippen LogP contribution in [0.1, 0.15) is 33.1 Å². The second kappa shape index (κ2) is 4.64. The number of aliphatic hydroxyl groups excluding tert-OH is 1. The summed E-state index contributed by atoms with van der Waals surface area (Å²) in [6.45, 7) is 5.03. The predicted molar refractivity (Wildman–Crippen MR) is 54.3 cm³/mol. The number of nitrogens with one attached hydrogen (secondary N) is 1. The molecule has 1 fully saturated rings. The van der Waals surface area contributed by atoms with Crippen LogP contribution in [-0.2, 0) is 0 Å². The fraction of sp³-hybridized carbons (Fsp3) is 0.818. The van der Waals surface area contributed by atoms with Crippen molar-refractivity contribution in [2.75, 3.05) is 13.2 Å². The van der Waals surface area contributed by atoms with E-state index in [9.17, 15) is 5.11 Å². The monoisotopic (exact) mass is 181 g/mol. The molecule has 2 nitrogen and oxygen atoms in total. The molecule has 74 valence electrons. The summed E-state index contributed by atoms with van der Waals surface area (Å²) >= 11 is 0. The van der Waals surface area contributed by atoms with Crippen molar-refractivity contribution >= 4 is 0 Å². The SMILES string of the molecule is CC#CCNC1CCCC1(C)CO. The summed E-state index contributed by atoms with van der Waals surface area (Å²) in [5, 5.41) is 12.7. The lowest BCUT2D eigenvalue weighted by molar-refractivity contribution is 0.120. The van der Waals surface area contributed by atoms with Crippen molar-refractivity contribution in [2.45, 2.75) is 39.2 Å². The van der Waals surface area contributed by atoms with Crippen LogP contribution in [0, 0.1) is 17.3 Å². The van der Waals surface area contributed by atoms with Crippen LogP contribution in [0.5, 0.6) is 0 Å². The number of rotatable bonds is 3. The first-order valence-electron chi connectivity index (χ1n) is 4.97. The van der Waals surface area contributed by atoms with Crippen molar-refractivity contribution in [3.8, 4) is 11.8 Å². The zero-order chi connectivity index (χ0) is 9.73. The van der Waals surface area contributed by atoms with Gasteiger partial charge in [0.2, 0.25) is 0 Å². The highest BCUT2D eigenvalue weighted by Gasteiger charge is 2.37. The molecule has 1 aliphatic rings. The Bertz CT molecular complexity index is 216. The van der Waals surface area contributed by atoms with Crippen LogP contribution in [0.2, 0.25) is 0 Å². The van der Waals surface area contributed by atoms with Gasteiger partial charge < -0.3 is 10.4 Å². The van der Waals surface area contributed by atoms with E-state index in [1.807, 2.05) is 6.92 Å². The van der Waals surface area contributed by atoms with Crippen LogP contribution in [0.4, 0.5) is 0 Å². The second-order valence-corrected chi connectivity index (χ2v) is 4.06. The van der Waals surface area contributed by atoms with Gasteiger partial charge in [0.1, 0.15) is 0 Å². The number of hydrogen-bond acceptors (Lipinski definition) is 2. The smallest absolute Gasteiger partial charge is 0.0578 e. The van der Waals surface area contributed by atoms with Gasteiger partial charge in [-0.1, -0.05) is 19.3 Å². The first kappa shape index (κ1) is 10.6. The van der Waals surface area contributed by atoms with E-state index in [-0.39, 0.29) is 12.0 Å². The third kappa shape index (κ3) is 2.46. The van der Waals surface area contributed by atoms with Gasteiger partial charge in [-0.25, -0.2) is 0 Å². The highest BCUT2D eigenvalue weighted by Crippen LogP contribution is 2.37. The van der Waals surface area contributed by atoms with Gasteiger partial charge in [0.25, 0.3) is 0 Å². The molecule has 1 aliphatic carbocycles. The molecule has 1 saturated carbocycles. The Labute approximate surface area is 80.7 Å². The molecule has 0 aromatic carbocycles. The van der Waals surface area contributed by atoms with E-state index in [0.717, 1.165) is 13.0 Å². The van der Waals surface area contributed by atoms with Crippen LogP contribution in [0.15, 0.2) is 0 Å². The summed E-state index contributed by atoms with van der Waals surface area (Å²) in [4.78, 5) is 0. The molecular weight excluding hydrogens is 162 g/mol. The summed E-state index contributed by atoms with van der Waals surface area (Å²) in [7, 11) is 0. The summed E-state index contributed by atoms with van der Waals surface area (Å²) < 4.78 is 0. The minimum Gasteiger partial charge on any atom is -0.396 e. The quantitative estimate of drug-likeness (QED) is 0.640. The first-order chi connectivity index (χ1) is 6.23. The van der Waals surface area contributed by atoms with Crippen LogP contribution >= 0.6 is 0 Å². The highest BCUT2D eigenvalue weighted by atomic mass is 16.3. The van der Waals surface area contributed by atoms with Crippen molar-refractivity contribution < 1.29 is 5.11 Å². The molecule has 1 rings (SSSR count). The maximum Gasteiger partial charge on any atom is 0.0578 e. The number of hydrogen-bond donors (Lipinski definition) is 2. The van der Waals surface area contributed by atoms with Gasteiger partial charge in [0.05, 0.1) is 6.54 Å². The maximum atomic E-state index is 9.28. The lowest BCUT2D eigenvalue weighted by atomic mass is 9.86. The van der Waals surface area contributed by atoms with E-state index < -0.39 is 0 Å². The Morgan fingerprint density at radius 2 is 2.38 bits per heavy atom. The molecule has 0 aromatic heterocycles. The Hall–Kier alpha value is -0.520. The van der Waals surface area contributed by atoms with Gasteiger partial charge in [0, 0.05) is 18.1 Å². The van der Waals surface area contributed by atoms with Crippen molar-refractivity contribution in [3.05, 3.63) is 0 Å². The fourth-order valence-electron chi connectivity index (χ4n) is 2.03. The normalized spacial score (nSPS) is 32.7. The molecule has 13 heavy (non-hydrogen) atoms. The Balaban J connectivity index is 2.42. The third-order valence-corrected chi connectivity index (χ3v) is 3.06. The topological polar surface area (TPSA) is 32.3 Å². The molecule has 2 atom stereocenters. The van der Waals surface area contributed by atoms with E-state index in [1.54, 1.807) is 0 Å². The summed E-state index contributed by atoms with van der Waals surface area (Å²) in [5.74, 6) is 5.86. The summed E-state index contributed by atoms with van der Waals surface area (Å²) in [5.41, 5.74) is 0.0788. The lowest BCUT2D eigenvalue weighted by Crippen LogP contribution is -2.41. The van der Waals surface area contributed by atoms with E-state index in [0.29, 0.717) is 6.04 Å². The molecule has 2 unspecified atom stereocenters. The van der Waals surface area contributed by atoms with Gasteiger partial charge in [-0.3, -0.25) is 0 Å². The van der Waals surface area contributed by atoms with Crippen LogP contribution < -0.4 is 5.32 Å². The van der Waals surface area contributed by atoms with Gasteiger partial charge >= 0.3 is 0 Å². The van der Waals surface area contributed by atoms with E-state index in [2.05, 4.69) is 24.1 Å². The van der Waals surface area contributed by atoms with Crippen molar-refractivity contribution in [1.82, 2.24) is 5.32 Å². The summed E-state index contributed by atoms with van der Waals surface area (Å²) in [6.07, 6.45) is 3.51. The molecule has 0 aliphatic heterocycles. The molecule has 0 aromatic rings. The fourth-order valence-corrected chi connectivity index (χ4v) is 2.03. The van der Waals surface area contributed by atoms with Crippen LogP contribution in [-0.4, -0.2) is 24.3 Å². The van der Waals surface area contributed by atoms with Crippen molar-refractivity contribution in [2.24, 2.45) is 5.41 Å². The molecule has 2 N–H and O–H groups in total. The largest absolute Gasteiger partial charge is 0.396 e. The molecule has 0 heterocycles. The van der Waals surface area contributed by atoms with Gasteiger partial charge in [-0.15, -0.1) is 5.92 Å². The minimum atomic E-state index is 0.0788. The average molecular weight is 181 g/mol. The summed E-state index contributed by atoms with van der Waals surface area (Å²) in [6, 6.07) is 0.443. The average Bonchev–Trinajstić information content (AvgIpc) is 2.50. The van der Waals surface area contributed by atoms with Gasteiger partial charge in [-0.2, -0.15) is 0 Å².